The molecule has 0 amide bonds. The Morgan fingerprint density at radius 2 is 2.11 bits per heavy atom. The molecule has 0 saturated heterocycles. The van der Waals surface area contributed by atoms with E-state index in [9.17, 15) is 10.2 Å². The van der Waals surface area contributed by atoms with E-state index in [1.165, 1.54) is 12.7 Å². The van der Waals surface area contributed by atoms with Crippen molar-refractivity contribution in [3.05, 3.63) is 24.8 Å². The monoisotopic (exact) mass is 265 g/mol. The molecule has 0 aliphatic heterocycles. The number of rotatable bonds is 5. The maximum atomic E-state index is 9.87. The van der Waals surface area contributed by atoms with Crippen LogP contribution in [0.1, 0.15) is 0 Å². The van der Waals surface area contributed by atoms with Crippen molar-refractivity contribution in [2.45, 2.75) is 18.8 Å². The zero-order chi connectivity index (χ0) is 14.0. The van der Waals surface area contributed by atoms with Gasteiger partial charge in [0.1, 0.15) is 24.1 Å². The lowest BCUT2D eigenvalue weighted by Crippen LogP contribution is -2.32. The summed E-state index contributed by atoms with van der Waals surface area (Å²) >= 11 is 0. The molecular formula is C11H15N5O3. The van der Waals surface area contributed by atoms with Crippen LogP contribution in [0.3, 0.4) is 0 Å². The van der Waals surface area contributed by atoms with Gasteiger partial charge in [-0.05, 0) is 5.57 Å². The van der Waals surface area contributed by atoms with Gasteiger partial charge in [0.05, 0.1) is 19.5 Å². The van der Waals surface area contributed by atoms with Crippen molar-refractivity contribution >= 4 is 17.0 Å². The molecule has 0 unspecified atom stereocenters. The van der Waals surface area contributed by atoms with Crippen molar-refractivity contribution in [3.63, 3.8) is 0 Å². The lowest BCUT2D eigenvalue weighted by atomic mass is 10.1. The van der Waals surface area contributed by atoms with Gasteiger partial charge < -0.3 is 25.6 Å². The third-order valence-electron chi connectivity index (χ3n) is 2.80. The lowest BCUT2D eigenvalue weighted by molar-refractivity contribution is 0.0260. The Labute approximate surface area is 108 Å². The van der Waals surface area contributed by atoms with Crippen LogP contribution >= 0.6 is 0 Å². The number of hydrogen-bond acceptors (Lipinski definition) is 7. The molecule has 0 aliphatic carbocycles. The van der Waals surface area contributed by atoms with Crippen molar-refractivity contribution < 1.29 is 15.3 Å². The molecule has 8 nitrogen and oxygen atoms in total. The second-order valence-electron chi connectivity index (χ2n) is 4.16. The summed E-state index contributed by atoms with van der Waals surface area (Å²) in [5.74, 6) is 0.249. The summed E-state index contributed by atoms with van der Waals surface area (Å²) in [5, 5.41) is 28.4. The van der Waals surface area contributed by atoms with Crippen LogP contribution in [-0.4, -0.2) is 53.7 Å². The second kappa shape index (κ2) is 5.31. The van der Waals surface area contributed by atoms with E-state index in [4.69, 9.17) is 10.8 Å². The van der Waals surface area contributed by atoms with Crippen molar-refractivity contribution in [1.29, 1.82) is 0 Å². The Bertz CT molecular complexity index is 597. The first-order valence-electron chi connectivity index (χ1n) is 5.60. The smallest absolute Gasteiger partial charge is 0.165 e. The second-order valence-corrected chi connectivity index (χ2v) is 4.16. The number of nitrogen functional groups attached to an aromatic ring is 1. The van der Waals surface area contributed by atoms with Gasteiger partial charge >= 0.3 is 0 Å². The van der Waals surface area contributed by atoms with Gasteiger partial charge in [-0.25, -0.2) is 15.0 Å². The predicted octanol–water partition coefficient (Wildman–Crippen LogP) is -1.32. The summed E-state index contributed by atoms with van der Waals surface area (Å²) < 4.78 is 1.55. The van der Waals surface area contributed by atoms with Crippen LogP contribution in [0.5, 0.6) is 0 Å². The minimum Gasteiger partial charge on any atom is -0.392 e. The van der Waals surface area contributed by atoms with Crippen molar-refractivity contribution in [2.75, 3.05) is 12.3 Å². The fourth-order valence-electron chi connectivity index (χ4n) is 1.70. The Morgan fingerprint density at radius 1 is 1.37 bits per heavy atom. The topological polar surface area (TPSA) is 130 Å². The summed E-state index contributed by atoms with van der Waals surface area (Å²) in [7, 11) is 0. The molecule has 8 heteroatoms. The van der Waals surface area contributed by atoms with Crippen LogP contribution < -0.4 is 5.73 Å². The van der Waals surface area contributed by atoms with Gasteiger partial charge in [-0.1, -0.05) is 6.58 Å². The molecule has 2 rings (SSSR count). The molecule has 19 heavy (non-hydrogen) atoms. The molecule has 0 aliphatic rings. The number of nitrogens with zero attached hydrogens (tertiary/aromatic N) is 4. The Hall–Kier alpha value is -2.03. The van der Waals surface area contributed by atoms with E-state index in [0.717, 1.165) is 0 Å². The molecule has 2 atom stereocenters. The van der Waals surface area contributed by atoms with E-state index in [0.29, 0.717) is 11.2 Å². The van der Waals surface area contributed by atoms with Crippen LogP contribution in [0.2, 0.25) is 0 Å². The zero-order valence-corrected chi connectivity index (χ0v) is 10.1. The zero-order valence-electron chi connectivity index (χ0n) is 10.1. The average molecular weight is 265 g/mol. The molecule has 0 bridgehead atoms. The normalized spacial score (nSPS) is 14.5. The molecule has 0 fully saturated rings. The van der Waals surface area contributed by atoms with Crippen LogP contribution in [0.4, 0.5) is 5.82 Å². The minimum absolute atomic E-state index is 0.0487. The van der Waals surface area contributed by atoms with E-state index in [-0.39, 0.29) is 17.9 Å². The highest BCUT2D eigenvalue weighted by molar-refractivity contribution is 5.81. The average Bonchev–Trinajstić information content (AvgIpc) is 2.81. The number of hydrogen-bond donors (Lipinski definition) is 4. The molecule has 2 aromatic heterocycles. The quantitative estimate of drug-likeness (QED) is 0.493. The van der Waals surface area contributed by atoms with E-state index in [2.05, 4.69) is 21.5 Å². The number of nitrogens with two attached hydrogens (primary N) is 1. The number of aromatic nitrogens is 4. The fraction of sp³-hybridized carbons (Fsp3) is 0.364. The predicted molar refractivity (Wildman–Crippen MR) is 68.0 cm³/mol. The molecule has 2 heterocycles. The van der Waals surface area contributed by atoms with Gasteiger partial charge in [-0.15, -0.1) is 0 Å². The molecule has 0 aromatic carbocycles. The highest BCUT2D eigenvalue weighted by atomic mass is 16.3. The van der Waals surface area contributed by atoms with Gasteiger partial charge in [-0.3, -0.25) is 0 Å². The first-order valence-corrected chi connectivity index (χ1v) is 5.60. The van der Waals surface area contributed by atoms with Gasteiger partial charge in [0, 0.05) is 0 Å². The highest BCUT2D eigenvalue weighted by Crippen LogP contribution is 2.15. The summed E-state index contributed by atoms with van der Waals surface area (Å²) in [6, 6.07) is 0. The number of aliphatic hydroxyl groups excluding tert-OH is 3. The van der Waals surface area contributed by atoms with Crippen molar-refractivity contribution in [2.24, 2.45) is 0 Å². The lowest BCUT2D eigenvalue weighted by Gasteiger charge is -2.19. The summed E-state index contributed by atoms with van der Waals surface area (Å²) in [6.45, 7) is 3.13. The third kappa shape index (κ3) is 2.55. The van der Waals surface area contributed by atoms with E-state index >= 15 is 0 Å². The first kappa shape index (κ1) is 13.4. The van der Waals surface area contributed by atoms with Gasteiger partial charge in [-0.2, -0.15) is 0 Å². The maximum absolute atomic E-state index is 9.87. The molecular weight excluding hydrogens is 250 g/mol. The SMILES string of the molecule is C=C(CO)[C@@H](O)[C@@H](O)Cn1cnc2c(N)ncnc21. The summed E-state index contributed by atoms with van der Waals surface area (Å²) in [5.41, 5.74) is 6.69. The van der Waals surface area contributed by atoms with Crippen molar-refractivity contribution in [1.82, 2.24) is 19.5 Å². The van der Waals surface area contributed by atoms with E-state index < -0.39 is 18.8 Å². The van der Waals surface area contributed by atoms with Crippen LogP contribution in [0.25, 0.3) is 11.2 Å². The molecule has 102 valence electrons. The number of imidazole rings is 1. The fourth-order valence-corrected chi connectivity index (χ4v) is 1.70. The summed E-state index contributed by atoms with van der Waals surface area (Å²) in [4.78, 5) is 11.9. The first-order chi connectivity index (χ1) is 9.04. The van der Waals surface area contributed by atoms with Crippen LogP contribution in [-0.2, 0) is 6.54 Å². The summed E-state index contributed by atoms with van der Waals surface area (Å²) in [6.07, 6.45) is 0.397. The molecule has 5 N–H and O–H groups in total. The Balaban J connectivity index is 2.22. The number of anilines is 1. The minimum atomic E-state index is -1.22. The van der Waals surface area contributed by atoms with Crippen LogP contribution in [0, 0.1) is 0 Å². The van der Waals surface area contributed by atoms with Gasteiger partial charge in [0.2, 0.25) is 0 Å². The molecule has 2 aromatic rings. The Kier molecular flexibility index (Phi) is 3.74. The molecule has 0 spiro atoms. The van der Waals surface area contributed by atoms with Crippen molar-refractivity contribution in [3.8, 4) is 0 Å². The standard InChI is InChI=1S/C11H15N5O3/c1-6(3-17)9(19)7(18)2-16-5-15-8-10(12)13-4-14-11(8)16/h4-5,7,9,17-19H,1-3H2,(H2,12,13,14)/t7-,9+/m0/s1. The van der Waals surface area contributed by atoms with Gasteiger partial charge in [0.15, 0.2) is 11.5 Å². The molecule has 0 saturated carbocycles. The van der Waals surface area contributed by atoms with E-state index in [1.54, 1.807) is 4.57 Å². The Morgan fingerprint density at radius 3 is 2.79 bits per heavy atom. The maximum Gasteiger partial charge on any atom is 0.165 e. The van der Waals surface area contributed by atoms with Gasteiger partial charge in [0.25, 0.3) is 0 Å². The number of fused-ring (bicyclic) bond motifs is 1. The highest BCUT2D eigenvalue weighted by Gasteiger charge is 2.20. The molecule has 0 radical (unpaired) electrons. The van der Waals surface area contributed by atoms with Crippen LogP contribution in [0.15, 0.2) is 24.8 Å². The largest absolute Gasteiger partial charge is 0.392 e. The third-order valence-corrected chi connectivity index (χ3v) is 2.80. The number of aliphatic hydroxyl groups is 3. The van der Waals surface area contributed by atoms with E-state index in [1.807, 2.05) is 0 Å².